The van der Waals surface area contributed by atoms with E-state index in [2.05, 4.69) is 39.5 Å². The lowest BCUT2D eigenvalue weighted by Gasteiger charge is -2.30. The molecule has 1 unspecified atom stereocenters. The van der Waals surface area contributed by atoms with Crippen LogP contribution in [0.5, 0.6) is 0 Å². The fraction of sp³-hybridized carbons (Fsp3) is 0.290. The molecule has 1 N–H and O–H groups in total. The van der Waals surface area contributed by atoms with E-state index < -0.39 is 0 Å². The highest BCUT2D eigenvalue weighted by Gasteiger charge is 2.20. The summed E-state index contributed by atoms with van der Waals surface area (Å²) >= 11 is 0. The second-order valence-electron chi connectivity index (χ2n) is 10.6. The summed E-state index contributed by atoms with van der Waals surface area (Å²) in [4.78, 5) is 27.7. The van der Waals surface area contributed by atoms with Gasteiger partial charge in [0.2, 0.25) is 5.95 Å². The minimum Gasteiger partial charge on any atom is -0.371 e. The third kappa shape index (κ3) is 5.76. The largest absolute Gasteiger partial charge is 0.371 e. The summed E-state index contributed by atoms with van der Waals surface area (Å²) in [5.74, 6) is 0.425. The summed E-state index contributed by atoms with van der Waals surface area (Å²) in [5.41, 5.74) is 5.52. The van der Waals surface area contributed by atoms with Crippen molar-refractivity contribution in [2.24, 2.45) is 0 Å². The number of morpholine rings is 1. The van der Waals surface area contributed by atoms with E-state index in [1.54, 1.807) is 23.2 Å². The molecule has 4 heterocycles. The zero-order valence-electron chi connectivity index (χ0n) is 23.4. The van der Waals surface area contributed by atoms with Gasteiger partial charge in [-0.2, -0.15) is 4.98 Å². The van der Waals surface area contributed by atoms with E-state index in [0.717, 1.165) is 53.0 Å². The van der Waals surface area contributed by atoms with Crippen LogP contribution in [0, 0.1) is 0 Å². The Morgan fingerprint density at radius 1 is 1.05 bits per heavy atom. The van der Waals surface area contributed by atoms with Crippen molar-refractivity contribution in [3.63, 3.8) is 0 Å². The molecule has 3 aromatic heterocycles. The van der Waals surface area contributed by atoms with E-state index in [0.29, 0.717) is 30.2 Å². The summed E-state index contributed by atoms with van der Waals surface area (Å²) in [7, 11) is 6.08. The van der Waals surface area contributed by atoms with Crippen LogP contribution in [-0.2, 0) is 11.3 Å². The van der Waals surface area contributed by atoms with Crippen LogP contribution in [0.4, 0.5) is 11.6 Å². The van der Waals surface area contributed by atoms with Gasteiger partial charge in [0.15, 0.2) is 0 Å². The fourth-order valence-corrected chi connectivity index (χ4v) is 5.12. The minimum absolute atomic E-state index is 0.0648. The van der Waals surface area contributed by atoms with Crippen LogP contribution in [0.25, 0.3) is 33.3 Å². The first-order valence-electron chi connectivity index (χ1n) is 13.7. The molecule has 10 heteroatoms. The average Bonchev–Trinajstić information content (AvgIpc) is 3.52. The first-order valence-corrected chi connectivity index (χ1v) is 13.7. The number of hydrogen-bond donors (Lipinski definition) is 1. The lowest BCUT2D eigenvalue weighted by Crippen LogP contribution is -2.35. The molecular weight excluding hydrogens is 518 g/mol. The third-order valence-electron chi connectivity index (χ3n) is 7.37. The van der Waals surface area contributed by atoms with E-state index in [4.69, 9.17) is 14.2 Å². The first-order chi connectivity index (χ1) is 20.0. The van der Waals surface area contributed by atoms with Gasteiger partial charge in [0.1, 0.15) is 11.9 Å². The van der Waals surface area contributed by atoms with E-state index in [1.807, 2.05) is 61.5 Å². The van der Waals surface area contributed by atoms with Crippen molar-refractivity contribution in [2.75, 3.05) is 52.7 Å². The second-order valence-corrected chi connectivity index (χ2v) is 10.6. The van der Waals surface area contributed by atoms with Crippen LogP contribution in [0.15, 0.2) is 82.6 Å². The number of benzene rings is 2. The molecule has 210 valence electrons. The summed E-state index contributed by atoms with van der Waals surface area (Å²) < 4.78 is 12.8. The van der Waals surface area contributed by atoms with Crippen LogP contribution in [0.3, 0.4) is 0 Å². The predicted molar refractivity (Wildman–Crippen MR) is 159 cm³/mol. The Morgan fingerprint density at radius 2 is 1.85 bits per heavy atom. The lowest BCUT2D eigenvalue weighted by molar-refractivity contribution is -0.0208. The van der Waals surface area contributed by atoms with Gasteiger partial charge in [-0.05, 0) is 56.0 Å². The molecule has 0 spiro atoms. The van der Waals surface area contributed by atoms with Crippen LogP contribution < -0.4 is 10.9 Å². The van der Waals surface area contributed by atoms with Gasteiger partial charge in [0, 0.05) is 54.6 Å². The Balaban J connectivity index is 1.36. The summed E-state index contributed by atoms with van der Waals surface area (Å²) in [5, 5.41) is 7.93. The van der Waals surface area contributed by atoms with Gasteiger partial charge >= 0.3 is 0 Å². The Kier molecular flexibility index (Phi) is 7.60. The predicted octanol–water partition coefficient (Wildman–Crippen LogP) is 4.42. The highest BCUT2D eigenvalue weighted by Crippen LogP contribution is 2.31. The Bertz CT molecular complexity index is 1700. The SMILES string of the molecule is CN(C)CCn1c(=O)c(-c2ccccc2-c2cnoc2)cc2cnc(Nc3ccc(C4CN(C)CCO4)cc3)nc21. The number of fused-ring (bicyclic) bond motifs is 1. The maximum atomic E-state index is 14.0. The van der Waals surface area contributed by atoms with Crippen LogP contribution in [0.2, 0.25) is 0 Å². The van der Waals surface area contributed by atoms with Crippen LogP contribution in [-0.4, -0.2) is 76.9 Å². The Labute approximate surface area is 238 Å². The van der Waals surface area contributed by atoms with E-state index in [-0.39, 0.29) is 11.7 Å². The number of anilines is 2. The number of aromatic nitrogens is 4. The molecule has 1 saturated heterocycles. The smallest absolute Gasteiger partial charge is 0.260 e. The van der Waals surface area contributed by atoms with Gasteiger partial charge in [0.05, 0.1) is 18.9 Å². The van der Waals surface area contributed by atoms with Crippen molar-refractivity contribution < 1.29 is 9.26 Å². The van der Waals surface area contributed by atoms with Gasteiger partial charge in [-0.1, -0.05) is 41.6 Å². The van der Waals surface area contributed by atoms with Crippen LogP contribution >= 0.6 is 0 Å². The molecule has 0 radical (unpaired) electrons. The molecule has 1 fully saturated rings. The van der Waals surface area contributed by atoms with Crippen molar-refractivity contribution in [2.45, 2.75) is 12.6 Å². The number of nitrogens with one attached hydrogen (secondary N) is 1. The molecule has 1 atom stereocenters. The summed E-state index contributed by atoms with van der Waals surface area (Å²) in [6, 6.07) is 17.8. The molecule has 1 aliphatic rings. The van der Waals surface area contributed by atoms with Gasteiger partial charge in [-0.3, -0.25) is 9.36 Å². The topological polar surface area (TPSA) is 102 Å². The van der Waals surface area contributed by atoms with Gasteiger partial charge in [0.25, 0.3) is 5.56 Å². The van der Waals surface area contributed by atoms with E-state index in [9.17, 15) is 4.79 Å². The Morgan fingerprint density at radius 3 is 2.59 bits per heavy atom. The average molecular weight is 552 g/mol. The molecule has 1 aliphatic heterocycles. The number of likely N-dealkylation sites (N-methyl/N-ethyl adjacent to an activating group) is 2. The first kappa shape index (κ1) is 26.8. The number of pyridine rings is 1. The van der Waals surface area contributed by atoms with Gasteiger partial charge in [-0.25, -0.2) is 4.98 Å². The van der Waals surface area contributed by atoms with Crippen molar-refractivity contribution >= 4 is 22.7 Å². The number of ether oxygens (including phenoxy) is 1. The molecule has 41 heavy (non-hydrogen) atoms. The number of hydrogen-bond acceptors (Lipinski definition) is 9. The molecule has 2 aromatic carbocycles. The summed E-state index contributed by atoms with van der Waals surface area (Å²) in [6.07, 6.45) is 5.06. The molecule has 10 nitrogen and oxygen atoms in total. The molecule has 0 bridgehead atoms. The molecule has 0 aliphatic carbocycles. The fourth-order valence-electron chi connectivity index (χ4n) is 5.12. The quantitative estimate of drug-likeness (QED) is 0.300. The van der Waals surface area contributed by atoms with Gasteiger partial charge in [-0.15, -0.1) is 0 Å². The number of nitrogens with zero attached hydrogens (tertiary/aromatic N) is 6. The second kappa shape index (κ2) is 11.6. The van der Waals surface area contributed by atoms with Crippen molar-refractivity contribution in [3.8, 4) is 22.3 Å². The number of rotatable bonds is 8. The maximum Gasteiger partial charge on any atom is 0.260 e. The van der Waals surface area contributed by atoms with Crippen molar-refractivity contribution in [1.29, 1.82) is 0 Å². The van der Waals surface area contributed by atoms with Crippen molar-refractivity contribution in [3.05, 3.63) is 89.2 Å². The zero-order chi connectivity index (χ0) is 28.3. The van der Waals surface area contributed by atoms with E-state index >= 15 is 0 Å². The van der Waals surface area contributed by atoms with E-state index in [1.165, 1.54) is 0 Å². The van der Waals surface area contributed by atoms with Gasteiger partial charge < -0.3 is 24.4 Å². The highest BCUT2D eigenvalue weighted by molar-refractivity contribution is 5.87. The minimum atomic E-state index is -0.116. The zero-order valence-corrected chi connectivity index (χ0v) is 23.4. The standard InChI is InChI=1S/C31H33N7O3/c1-36(2)12-13-38-29-22(16-27(30(38)39)26-7-5-4-6-25(26)23-18-33-41-20-23)17-32-31(35-29)34-24-10-8-21(9-11-24)28-19-37(3)14-15-40-28/h4-11,16-18,20,28H,12-15,19H2,1-3H3,(H,32,34,35). The van der Waals surface area contributed by atoms with Crippen molar-refractivity contribution in [1.82, 2.24) is 29.5 Å². The normalized spacial score (nSPS) is 16.0. The molecule has 0 amide bonds. The molecule has 6 rings (SSSR count). The maximum absolute atomic E-state index is 14.0. The Hall–Kier alpha value is -4.38. The highest BCUT2D eigenvalue weighted by atomic mass is 16.5. The molecular formula is C31H33N7O3. The monoisotopic (exact) mass is 551 g/mol. The lowest BCUT2D eigenvalue weighted by atomic mass is 9.96. The van der Waals surface area contributed by atoms with Crippen LogP contribution in [0.1, 0.15) is 11.7 Å². The molecule has 0 saturated carbocycles. The third-order valence-corrected chi connectivity index (χ3v) is 7.37. The molecule has 5 aromatic rings. The summed E-state index contributed by atoms with van der Waals surface area (Å²) in [6.45, 7) is 3.71.